The summed E-state index contributed by atoms with van der Waals surface area (Å²) in [5.41, 5.74) is 0.777. The van der Waals surface area contributed by atoms with Crippen molar-refractivity contribution in [3.8, 4) is 0 Å². The first-order valence-electron chi connectivity index (χ1n) is 6.84. The van der Waals surface area contributed by atoms with E-state index in [0.29, 0.717) is 11.2 Å². The first-order valence-corrected chi connectivity index (χ1v) is 7.37. The lowest BCUT2D eigenvalue weighted by Gasteiger charge is -2.11. The first kappa shape index (κ1) is 12.7. The Bertz CT molecular complexity index is 646. The van der Waals surface area contributed by atoms with Crippen molar-refractivity contribution in [2.75, 3.05) is 0 Å². The Morgan fingerprint density at radius 3 is 2.84 bits per heavy atom. The lowest BCUT2D eigenvalue weighted by atomic mass is 10.2. The maximum absolute atomic E-state index is 12.5. The fourth-order valence-corrected chi connectivity index (χ4v) is 2.70. The molecule has 0 atom stereocenters. The van der Waals surface area contributed by atoms with Gasteiger partial charge in [0.25, 0.3) is 5.56 Å². The van der Waals surface area contributed by atoms with Crippen molar-refractivity contribution in [2.45, 2.75) is 38.1 Å². The van der Waals surface area contributed by atoms with Gasteiger partial charge in [-0.05, 0) is 30.9 Å². The van der Waals surface area contributed by atoms with E-state index in [-0.39, 0.29) is 11.4 Å². The van der Waals surface area contributed by atoms with Gasteiger partial charge in [0.15, 0.2) is 0 Å². The third-order valence-electron chi connectivity index (χ3n) is 3.75. The van der Waals surface area contributed by atoms with E-state index in [4.69, 9.17) is 11.6 Å². The number of fused-ring (bicyclic) bond motifs is 1. The molecule has 1 aliphatic carbocycles. The molecule has 1 fully saturated rings. The van der Waals surface area contributed by atoms with Crippen molar-refractivity contribution in [2.24, 2.45) is 5.92 Å². The monoisotopic (exact) mass is 276 g/mol. The standard InChI is InChI=1S/C15H17ClN2O/c16-10-14-17-13-6-2-1-5-12(13)15(19)18(14)9-3-4-11-7-8-11/h1-2,5-6,11H,3-4,7-10H2. The number of benzene rings is 1. The van der Waals surface area contributed by atoms with E-state index >= 15 is 0 Å². The average molecular weight is 277 g/mol. The van der Waals surface area contributed by atoms with Gasteiger partial charge in [0.2, 0.25) is 0 Å². The molecule has 0 unspecified atom stereocenters. The van der Waals surface area contributed by atoms with Crippen molar-refractivity contribution in [3.63, 3.8) is 0 Å². The molecule has 0 spiro atoms. The molecule has 1 aromatic heterocycles. The molecule has 100 valence electrons. The van der Waals surface area contributed by atoms with Crippen LogP contribution in [0.2, 0.25) is 0 Å². The molecule has 1 saturated carbocycles. The highest BCUT2D eigenvalue weighted by atomic mass is 35.5. The van der Waals surface area contributed by atoms with Gasteiger partial charge < -0.3 is 0 Å². The summed E-state index contributed by atoms with van der Waals surface area (Å²) in [7, 11) is 0. The summed E-state index contributed by atoms with van der Waals surface area (Å²) in [6, 6.07) is 7.46. The van der Waals surface area contributed by atoms with E-state index in [1.165, 1.54) is 19.3 Å². The van der Waals surface area contributed by atoms with Crippen molar-refractivity contribution in [3.05, 3.63) is 40.4 Å². The highest BCUT2D eigenvalue weighted by Crippen LogP contribution is 2.33. The fourth-order valence-electron chi connectivity index (χ4n) is 2.49. The molecule has 0 radical (unpaired) electrons. The van der Waals surface area contributed by atoms with Crippen LogP contribution in [0.3, 0.4) is 0 Å². The number of hydrogen-bond acceptors (Lipinski definition) is 2. The van der Waals surface area contributed by atoms with Crippen LogP contribution in [0.5, 0.6) is 0 Å². The Hall–Kier alpha value is -1.35. The third-order valence-corrected chi connectivity index (χ3v) is 3.99. The molecule has 3 nitrogen and oxygen atoms in total. The number of hydrogen-bond donors (Lipinski definition) is 0. The summed E-state index contributed by atoms with van der Waals surface area (Å²) in [6.07, 6.45) is 4.95. The van der Waals surface area contributed by atoms with Crippen molar-refractivity contribution >= 4 is 22.5 Å². The van der Waals surface area contributed by atoms with Crippen LogP contribution in [0.25, 0.3) is 10.9 Å². The molecule has 19 heavy (non-hydrogen) atoms. The fraction of sp³-hybridized carbons (Fsp3) is 0.467. The summed E-state index contributed by atoms with van der Waals surface area (Å²) in [5, 5.41) is 0.683. The number of rotatable bonds is 5. The maximum atomic E-state index is 12.5. The second-order valence-electron chi connectivity index (χ2n) is 5.22. The summed E-state index contributed by atoms with van der Waals surface area (Å²) < 4.78 is 1.75. The highest BCUT2D eigenvalue weighted by molar-refractivity contribution is 6.16. The normalized spacial score (nSPS) is 15.0. The predicted molar refractivity (Wildman–Crippen MR) is 77.5 cm³/mol. The van der Waals surface area contributed by atoms with Gasteiger partial charge in [0.1, 0.15) is 5.82 Å². The molecular weight excluding hydrogens is 260 g/mol. The van der Waals surface area contributed by atoms with Crippen LogP contribution in [0.1, 0.15) is 31.5 Å². The molecule has 0 aliphatic heterocycles. The van der Waals surface area contributed by atoms with Crippen LogP contribution in [-0.4, -0.2) is 9.55 Å². The summed E-state index contributed by atoms with van der Waals surface area (Å²) in [4.78, 5) is 17.0. The molecule has 1 aromatic carbocycles. The van der Waals surface area contributed by atoms with Crippen LogP contribution in [-0.2, 0) is 12.4 Å². The summed E-state index contributed by atoms with van der Waals surface area (Å²) in [6.45, 7) is 0.731. The maximum Gasteiger partial charge on any atom is 0.261 e. The van der Waals surface area contributed by atoms with Crippen molar-refractivity contribution in [1.29, 1.82) is 0 Å². The molecule has 0 N–H and O–H groups in total. The van der Waals surface area contributed by atoms with Crippen LogP contribution < -0.4 is 5.56 Å². The number of para-hydroxylation sites is 1. The first-order chi connectivity index (χ1) is 9.29. The number of alkyl halides is 1. The minimum atomic E-state index is 0.0389. The molecule has 1 aliphatic rings. The molecule has 0 bridgehead atoms. The van der Waals surface area contributed by atoms with Crippen LogP contribution >= 0.6 is 11.6 Å². The average Bonchev–Trinajstić information content (AvgIpc) is 3.25. The van der Waals surface area contributed by atoms with Gasteiger partial charge in [0.05, 0.1) is 16.8 Å². The number of halogens is 1. The lowest BCUT2D eigenvalue weighted by Crippen LogP contribution is -2.25. The molecular formula is C15H17ClN2O. The molecule has 2 aromatic rings. The Labute approximate surface area is 117 Å². The van der Waals surface area contributed by atoms with E-state index in [2.05, 4.69) is 4.98 Å². The minimum absolute atomic E-state index is 0.0389. The Kier molecular flexibility index (Phi) is 3.56. The third kappa shape index (κ3) is 2.66. The van der Waals surface area contributed by atoms with Gasteiger partial charge in [-0.25, -0.2) is 4.98 Å². The Morgan fingerprint density at radius 2 is 2.11 bits per heavy atom. The van der Waals surface area contributed by atoms with E-state index in [1.807, 2.05) is 24.3 Å². The van der Waals surface area contributed by atoms with E-state index in [1.54, 1.807) is 4.57 Å². The molecule has 1 heterocycles. The zero-order valence-electron chi connectivity index (χ0n) is 10.8. The number of nitrogens with zero attached hydrogens (tertiary/aromatic N) is 2. The largest absolute Gasteiger partial charge is 0.295 e. The predicted octanol–water partition coefficient (Wildman–Crippen LogP) is 3.33. The summed E-state index contributed by atoms with van der Waals surface area (Å²) >= 11 is 5.94. The number of aromatic nitrogens is 2. The second kappa shape index (κ2) is 5.33. The summed E-state index contributed by atoms with van der Waals surface area (Å²) in [5.74, 6) is 1.86. The Balaban J connectivity index is 1.95. The van der Waals surface area contributed by atoms with E-state index in [0.717, 1.165) is 24.4 Å². The lowest BCUT2D eigenvalue weighted by molar-refractivity contribution is 0.549. The van der Waals surface area contributed by atoms with Gasteiger partial charge in [0, 0.05) is 6.54 Å². The topological polar surface area (TPSA) is 34.9 Å². The highest BCUT2D eigenvalue weighted by Gasteiger charge is 2.20. The zero-order valence-corrected chi connectivity index (χ0v) is 11.6. The Morgan fingerprint density at radius 1 is 1.32 bits per heavy atom. The zero-order chi connectivity index (χ0) is 13.2. The molecule has 0 saturated heterocycles. The smallest absolute Gasteiger partial charge is 0.261 e. The van der Waals surface area contributed by atoms with E-state index in [9.17, 15) is 4.79 Å². The minimum Gasteiger partial charge on any atom is -0.295 e. The van der Waals surface area contributed by atoms with E-state index < -0.39 is 0 Å². The van der Waals surface area contributed by atoms with Gasteiger partial charge >= 0.3 is 0 Å². The van der Waals surface area contributed by atoms with Crippen LogP contribution in [0.15, 0.2) is 29.1 Å². The molecule has 0 amide bonds. The second-order valence-corrected chi connectivity index (χ2v) is 5.49. The van der Waals surface area contributed by atoms with Gasteiger partial charge in [-0.2, -0.15) is 0 Å². The van der Waals surface area contributed by atoms with Crippen LogP contribution in [0, 0.1) is 5.92 Å². The SMILES string of the molecule is O=c1c2ccccc2nc(CCl)n1CCCC1CC1. The van der Waals surface area contributed by atoms with Gasteiger partial charge in [-0.1, -0.05) is 25.0 Å². The van der Waals surface area contributed by atoms with Crippen LogP contribution in [0.4, 0.5) is 0 Å². The quantitative estimate of drug-likeness (QED) is 0.785. The molecule has 4 heteroatoms. The van der Waals surface area contributed by atoms with Gasteiger partial charge in [-0.15, -0.1) is 11.6 Å². The van der Waals surface area contributed by atoms with Crippen molar-refractivity contribution < 1.29 is 0 Å². The molecule has 3 rings (SSSR count). The van der Waals surface area contributed by atoms with Crippen molar-refractivity contribution in [1.82, 2.24) is 9.55 Å². The van der Waals surface area contributed by atoms with Gasteiger partial charge in [-0.3, -0.25) is 9.36 Å².